The minimum Gasteiger partial charge on any atom is -0.267 e. The highest BCUT2D eigenvalue weighted by atomic mass is 16.2. The quantitative estimate of drug-likeness (QED) is 0.538. The van der Waals surface area contributed by atoms with E-state index in [2.05, 4.69) is 43.4 Å². The number of hydrogen-bond acceptors (Lipinski definition) is 2. The second-order valence-corrected chi connectivity index (χ2v) is 7.13. The molecule has 3 aromatic carbocycles. The maximum Gasteiger partial charge on any atom is 0.271 e. The number of hydrogen-bond donors (Lipinski definition) is 1. The van der Waals surface area contributed by atoms with Crippen molar-refractivity contribution in [2.24, 2.45) is 5.10 Å². The number of fused-ring (bicyclic) bond motifs is 1. The van der Waals surface area contributed by atoms with E-state index in [0.717, 1.165) is 10.9 Å². The lowest BCUT2D eigenvalue weighted by molar-refractivity contribution is 0.0955. The van der Waals surface area contributed by atoms with E-state index in [1.165, 1.54) is 10.9 Å². The zero-order chi connectivity index (χ0) is 17.9. The summed E-state index contributed by atoms with van der Waals surface area (Å²) in [6, 6.07) is 21.9. The summed E-state index contributed by atoms with van der Waals surface area (Å²) in [5, 5.41) is 6.40. The van der Waals surface area contributed by atoms with Gasteiger partial charge in [0, 0.05) is 5.56 Å². The molecule has 126 valence electrons. The molecule has 3 heteroatoms. The predicted octanol–water partition coefficient (Wildman–Crippen LogP) is 4.90. The summed E-state index contributed by atoms with van der Waals surface area (Å²) in [4.78, 5) is 12.2. The molecule has 0 aliphatic rings. The van der Waals surface area contributed by atoms with Gasteiger partial charge in [0.15, 0.2) is 0 Å². The number of carbonyl (C=O) groups is 1. The van der Waals surface area contributed by atoms with E-state index in [9.17, 15) is 4.79 Å². The predicted molar refractivity (Wildman–Crippen MR) is 104 cm³/mol. The Kier molecular flexibility index (Phi) is 4.66. The van der Waals surface area contributed by atoms with Crippen molar-refractivity contribution in [3.8, 4) is 0 Å². The monoisotopic (exact) mass is 330 g/mol. The molecule has 0 aliphatic carbocycles. The molecule has 0 saturated carbocycles. The molecule has 0 radical (unpaired) electrons. The number of rotatable bonds is 3. The highest BCUT2D eigenvalue weighted by molar-refractivity contribution is 5.95. The molecule has 3 nitrogen and oxygen atoms in total. The van der Waals surface area contributed by atoms with Gasteiger partial charge in [-0.05, 0) is 45.5 Å². The van der Waals surface area contributed by atoms with E-state index in [1.807, 2.05) is 54.6 Å². The molecule has 0 unspecified atom stereocenters. The van der Waals surface area contributed by atoms with Crippen LogP contribution in [0.3, 0.4) is 0 Å². The minimum atomic E-state index is -0.211. The van der Waals surface area contributed by atoms with Crippen LogP contribution in [0.1, 0.15) is 42.3 Å². The molecule has 25 heavy (non-hydrogen) atoms. The second kappa shape index (κ2) is 6.89. The lowest BCUT2D eigenvalue weighted by Gasteiger charge is -2.18. The van der Waals surface area contributed by atoms with E-state index in [0.29, 0.717) is 5.56 Å². The van der Waals surface area contributed by atoms with Crippen LogP contribution < -0.4 is 5.43 Å². The molecule has 0 saturated heterocycles. The van der Waals surface area contributed by atoms with E-state index in [-0.39, 0.29) is 11.3 Å². The molecule has 0 aliphatic heterocycles. The van der Waals surface area contributed by atoms with Gasteiger partial charge in [-0.25, -0.2) is 5.43 Å². The fourth-order valence-corrected chi connectivity index (χ4v) is 2.64. The summed E-state index contributed by atoms with van der Waals surface area (Å²) >= 11 is 0. The van der Waals surface area contributed by atoms with Crippen molar-refractivity contribution < 1.29 is 4.79 Å². The third kappa shape index (κ3) is 4.13. The van der Waals surface area contributed by atoms with Crippen LogP contribution in [0.4, 0.5) is 0 Å². The number of benzene rings is 3. The summed E-state index contributed by atoms with van der Waals surface area (Å²) in [5.74, 6) is -0.211. The molecule has 3 aromatic rings. The normalized spacial score (nSPS) is 11.8. The van der Waals surface area contributed by atoms with Gasteiger partial charge in [-0.1, -0.05) is 69.3 Å². The third-order valence-electron chi connectivity index (χ3n) is 4.17. The average molecular weight is 330 g/mol. The van der Waals surface area contributed by atoms with Gasteiger partial charge in [-0.2, -0.15) is 5.10 Å². The van der Waals surface area contributed by atoms with Crippen molar-refractivity contribution in [1.29, 1.82) is 0 Å². The Morgan fingerprint density at radius 2 is 1.60 bits per heavy atom. The molecule has 0 atom stereocenters. The zero-order valence-corrected chi connectivity index (χ0v) is 14.8. The largest absolute Gasteiger partial charge is 0.271 e. The molecular formula is C22H22N2O. The van der Waals surface area contributed by atoms with E-state index >= 15 is 0 Å². The molecule has 3 rings (SSSR count). The van der Waals surface area contributed by atoms with Crippen LogP contribution in [0, 0.1) is 0 Å². The molecule has 0 aromatic heterocycles. The highest BCUT2D eigenvalue weighted by Gasteiger charge is 2.14. The lowest BCUT2D eigenvalue weighted by atomic mass is 9.87. The fourth-order valence-electron chi connectivity index (χ4n) is 2.64. The van der Waals surface area contributed by atoms with Crippen LogP contribution in [-0.2, 0) is 5.41 Å². The number of nitrogens with zero attached hydrogens (tertiary/aromatic N) is 1. The Balaban J connectivity index is 1.67. The summed E-state index contributed by atoms with van der Waals surface area (Å²) < 4.78 is 0. The zero-order valence-electron chi connectivity index (χ0n) is 14.8. The van der Waals surface area contributed by atoms with Crippen molar-refractivity contribution in [1.82, 2.24) is 5.43 Å². The standard InChI is InChI=1S/C22H22N2O/c1-22(2,3)20-12-10-18(11-13-20)21(25)24-23-15-16-8-9-17-6-4-5-7-19(17)14-16/h4-15H,1-3H3,(H,24,25)/b23-15+. The van der Waals surface area contributed by atoms with Crippen molar-refractivity contribution >= 4 is 22.9 Å². The van der Waals surface area contributed by atoms with Crippen LogP contribution in [0.15, 0.2) is 71.8 Å². The summed E-state index contributed by atoms with van der Waals surface area (Å²) in [7, 11) is 0. The Bertz CT molecular complexity index is 919. The van der Waals surface area contributed by atoms with Crippen LogP contribution in [0.5, 0.6) is 0 Å². The minimum absolute atomic E-state index is 0.0727. The number of amides is 1. The van der Waals surface area contributed by atoms with Crippen LogP contribution in [0.2, 0.25) is 0 Å². The smallest absolute Gasteiger partial charge is 0.267 e. The van der Waals surface area contributed by atoms with E-state index in [1.54, 1.807) is 6.21 Å². The topological polar surface area (TPSA) is 41.5 Å². The molecular weight excluding hydrogens is 308 g/mol. The number of nitrogens with one attached hydrogen (secondary N) is 1. The fraction of sp³-hybridized carbons (Fsp3) is 0.182. The molecule has 0 spiro atoms. The maximum atomic E-state index is 12.2. The second-order valence-electron chi connectivity index (χ2n) is 7.13. The molecule has 0 heterocycles. The molecule has 1 amide bonds. The first-order valence-electron chi connectivity index (χ1n) is 8.36. The first kappa shape index (κ1) is 16.9. The first-order chi connectivity index (χ1) is 11.9. The average Bonchev–Trinajstić information content (AvgIpc) is 2.61. The summed E-state index contributed by atoms with van der Waals surface area (Å²) in [5.41, 5.74) is 5.40. The van der Waals surface area contributed by atoms with Gasteiger partial charge in [-0.15, -0.1) is 0 Å². The van der Waals surface area contributed by atoms with Gasteiger partial charge >= 0.3 is 0 Å². The molecule has 0 bridgehead atoms. The van der Waals surface area contributed by atoms with Crippen molar-refractivity contribution in [3.63, 3.8) is 0 Å². The lowest BCUT2D eigenvalue weighted by Crippen LogP contribution is -2.18. The van der Waals surface area contributed by atoms with Gasteiger partial charge in [-0.3, -0.25) is 4.79 Å². The number of carbonyl (C=O) groups excluding carboxylic acids is 1. The van der Waals surface area contributed by atoms with E-state index < -0.39 is 0 Å². The summed E-state index contributed by atoms with van der Waals surface area (Å²) in [6.07, 6.45) is 1.66. The SMILES string of the molecule is CC(C)(C)c1ccc(C(=O)N/N=C/c2ccc3ccccc3c2)cc1. The van der Waals surface area contributed by atoms with Gasteiger partial charge in [0.05, 0.1) is 6.21 Å². The van der Waals surface area contributed by atoms with Crippen LogP contribution >= 0.6 is 0 Å². The van der Waals surface area contributed by atoms with Crippen molar-refractivity contribution in [2.75, 3.05) is 0 Å². The first-order valence-corrected chi connectivity index (χ1v) is 8.36. The van der Waals surface area contributed by atoms with Crippen molar-refractivity contribution in [2.45, 2.75) is 26.2 Å². The third-order valence-corrected chi connectivity index (χ3v) is 4.17. The number of hydrazone groups is 1. The Labute approximate surface area is 148 Å². The van der Waals surface area contributed by atoms with Gasteiger partial charge < -0.3 is 0 Å². The van der Waals surface area contributed by atoms with Gasteiger partial charge in [0.1, 0.15) is 0 Å². The maximum absolute atomic E-state index is 12.2. The Morgan fingerprint density at radius 1 is 0.920 bits per heavy atom. The molecule has 0 fully saturated rings. The van der Waals surface area contributed by atoms with Crippen LogP contribution in [-0.4, -0.2) is 12.1 Å². The highest BCUT2D eigenvalue weighted by Crippen LogP contribution is 2.22. The Hall–Kier alpha value is -2.94. The van der Waals surface area contributed by atoms with E-state index in [4.69, 9.17) is 0 Å². The Morgan fingerprint density at radius 3 is 2.28 bits per heavy atom. The van der Waals surface area contributed by atoms with Crippen molar-refractivity contribution in [3.05, 3.63) is 83.4 Å². The van der Waals surface area contributed by atoms with Gasteiger partial charge in [0.25, 0.3) is 5.91 Å². The molecule has 1 N–H and O–H groups in total. The van der Waals surface area contributed by atoms with Crippen LogP contribution in [0.25, 0.3) is 10.8 Å². The van der Waals surface area contributed by atoms with Gasteiger partial charge in [0.2, 0.25) is 0 Å². The summed E-state index contributed by atoms with van der Waals surface area (Å²) in [6.45, 7) is 6.45.